The van der Waals surface area contributed by atoms with Crippen LogP contribution >= 0.6 is 0 Å². The van der Waals surface area contributed by atoms with E-state index in [4.69, 9.17) is 28.1 Å². The molecule has 268 valence electrons. The summed E-state index contributed by atoms with van der Waals surface area (Å²) in [4.78, 5) is 25.4. The molecule has 1 heterocycles. The molecular weight excluding hydrogens is 612 g/mol. The fourth-order valence-corrected chi connectivity index (χ4v) is 13.2. The number of carbonyl (C=O) groups excluding carboxylic acids is 2. The first-order valence-electron chi connectivity index (χ1n) is 17.7. The Morgan fingerprint density at radius 1 is 0.894 bits per heavy atom. The van der Waals surface area contributed by atoms with Crippen LogP contribution in [0, 0.1) is 11.8 Å². The van der Waals surface area contributed by atoms with E-state index in [0.717, 1.165) is 31.2 Å². The zero-order valence-electron chi connectivity index (χ0n) is 31.2. The standard InChI is InChI=1S/C38H64O8Si/c1-13-34(39)44-31(30-19-15-14-16-20-30)21-17-18-22-32(41-10)33(42-11)24-23-28(8)35-29(9)36(37(43-12)38(40)45-35)46-47(25(2)3,26(4)5)27(6)7/h14-16,19-20,23-29,31-33,35-37H,13,17-18,21-22H2,1-12H3/b24-23+/t28-,29+,31-,32-,33+,35-,36-,37+/m0/s1. The van der Waals surface area contributed by atoms with Gasteiger partial charge in [0.2, 0.25) is 8.32 Å². The maximum Gasteiger partial charge on any atom is 0.338 e. The molecule has 1 saturated heterocycles. The summed E-state index contributed by atoms with van der Waals surface area (Å²) in [6.45, 7) is 19.5. The molecular formula is C38H64O8Si. The normalized spacial score (nSPS) is 23.3. The first-order chi connectivity index (χ1) is 22.3. The largest absolute Gasteiger partial charge is 0.459 e. The van der Waals surface area contributed by atoms with E-state index < -0.39 is 14.4 Å². The minimum atomic E-state index is -2.29. The maximum absolute atomic E-state index is 13.3. The third kappa shape index (κ3) is 10.7. The van der Waals surface area contributed by atoms with E-state index in [9.17, 15) is 9.59 Å². The molecule has 1 aromatic carbocycles. The van der Waals surface area contributed by atoms with E-state index in [1.165, 1.54) is 0 Å². The van der Waals surface area contributed by atoms with Crippen LogP contribution < -0.4 is 0 Å². The lowest BCUT2D eigenvalue weighted by molar-refractivity contribution is -0.194. The molecule has 0 radical (unpaired) electrons. The number of rotatable bonds is 20. The van der Waals surface area contributed by atoms with Crippen molar-refractivity contribution in [1.29, 1.82) is 0 Å². The first-order valence-corrected chi connectivity index (χ1v) is 19.8. The Labute approximate surface area is 286 Å². The van der Waals surface area contributed by atoms with E-state index in [1.54, 1.807) is 21.3 Å². The number of hydrogen-bond acceptors (Lipinski definition) is 8. The second-order valence-electron chi connectivity index (χ2n) is 14.1. The summed E-state index contributed by atoms with van der Waals surface area (Å²) in [7, 11) is 2.66. The molecule has 0 amide bonds. The molecule has 47 heavy (non-hydrogen) atoms. The van der Waals surface area contributed by atoms with Gasteiger partial charge in [-0.25, -0.2) is 4.79 Å². The number of methoxy groups -OCH3 is 3. The summed E-state index contributed by atoms with van der Waals surface area (Å²) in [5, 5.41) is 0. The summed E-state index contributed by atoms with van der Waals surface area (Å²) in [5.41, 5.74) is 2.15. The van der Waals surface area contributed by atoms with Gasteiger partial charge in [0.15, 0.2) is 6.10 Å². The van der Waals surface area contributed by atoms with Crippen LogP contribution in [-0.4, -0.2) is 72.1 Å². The van der Waals surface area contributed by atoms with Crippen LogP contribution in [0.2, 0.25) is 16.6 Å². The maximum atomic E-state index is 13.3. The number of cyclic esters (lactones) is 1. The van der Waals surface area contributed by atoms with Crippen molar-refractivity contribution in [2.24, 2.45) is 11.8 Å². The number of benzene rings is 1. The van der Waals surface area contributed by atoms with Gasteiger partial charge in [0.25, 0.3) is 0 Å². The molecule has 1 aliphatic heterocycles. The number of unbranched alkanes of at least 4 members (excludes halogenated alkanes) is 1. The molecule has 1 fully saturated rings. The molecule has 1 aromatic rings. The van der Waals surface area contributed by atoms with Gasteiger partial charge < -0.3 is 28.1 Å². The lowest BCUT2D eigenvalue weighted by atomic mass is 9.84. The molecule has 0 unspecified atom stereocenters. The Morgan fingerprint density at radius 2 is 1.49 bits per heavy atom. The third-order valence-corrected chi connectivity index (χ3v) is 16.2. The monoisotopic (exact) mass is 676 g/mol. The van der Waals surface area contributed by atoms with Crippen molar-refractivity contribution >= 4 is 20.3 Å². The summed E-state index contributed by atoms with van der Waals surface area (Å²) < 4.78 is 36.4. The van der Waals surface area contributed by atoms with Gasteiger partial charge in [0.05, 0.1) is 12.2 Å². The van der Waals surface area contributed by atoms with E-state index in [2.05, 4.69) is 61.5 Å². The first kappa shape index (κ1) is 41.1. The molecule has 0 aromatic heterocycles. The van der Waals surface area contributed by atoms with Crippen LogP contribution in [-0.2, 0) is 37.7 Å². The van der Waals surface area contributed by atoms with Crippen molar-refractivity contribution < 1.29 is 37.7 Å². The molecule has 8 nitrogen and oxygen atoms in total. The third-order valence-electron chi connectivity index (χ3n) is 10.1. The van der Waals surface area contributed by atoms with Crippen LogP contribution in [0.15, 0.2) is 42.5 Å². The predicted octanol–water partition coefficient (Wildman–Crippen LogP) is 8.60. The second kappa shape index (κ2) is 19.8. The minimum absolute atomic E-state index is 0.0704. The number of ether oxygens (including phenoxy) is 5. The molecule has 0 spiro atoms. The van der Waals surface area contributed by atoms with Crippen molar-refractivity contribution in [3.8, 4) is 0 Å². The van der Waals surface area contributed by atoms with E-state index in [-0.39, 0.29) is 54.3 Å². The Kier molecular flexibility index (Phi) is 17.4. The Hall–Kier alpha value is -2.04. The van der Waals surface area contributed by atoms with Crippen LogP contribution in [0.4, 0.5) is 0 Å². The lowest BCUT2D eigenvalue weighted by Crippen LogP contribution is -2.60. The predicted molar refractivity (Wildman–Crippen MR) is 190 cm³/mol. The summed E-state index contributed by atoms with van der Waals surface area (Å²) in [6.07, 6.45) is 5.53. The highest BCUT2D eigenvalue weighted by molar-refractivity contribution is 6.77. The summed E-state index contributed by atoms with van der Waals surface area (Å²) in [6, 6.07) is 9.91. The topological polar surface area (TPSA) is 89.5 Å². The van der Waals surface area contributed by atoms with E-state index in [0.29, 0.717) is 23.0 Å². The fraction of sp³-hybridized carbons (Fsp3) is 0.737. The van der Waals surface area contributed by atoms with E-state index in [1.807, 2.05) is 43.3 Å². The number of esters is 2. The highest BCUT2D eigenvalue weighted by atomic mass is 28.4. The van der Waals surface area contributed by atoms with Gasteiger partial charge in [0.1, 0.15) is 18.3 Å². The van der Waals surface area contributed by atoms with Crippen LogP contribution in [0.25, 0.3) is 0 Å². The van der Waals surface area contributed by atoms with Crippen molar-refractivity contribution in [1.82, 2.24) is 0 Å². The Balaban J connectivity index is 2.13. The van der Waals surface area contributed by atoms with Gasteiger partial charge in [-0.05, 0) is 41.4 Å². The van der Waals surface area contributed by atoms with Gasteiger partial charge >= 0.3 is 11.9 Å². The van der Waals surface area contributed by atoms with Crippen molar-refractivity contribution in [3.05, 3.63) is 48.0 Å². The van der Waals surface area contributed by atoms with Crippen LogP contribution in [0.5, 0.6) is 0 Å². The molecule has 0 aliphatic carbocycles. The zero-order chi connectivity index (χ0) is 35.3. The Bertz CT molecular complexity index is 1070. The van der Waals surface area contributed by atoms with E-state index >= 15 is 0 Å². The van der Waals surface area contributed by atoms with Gasteiger partial charge in [-0.3, -0.25) is 4.79 Å². The zero-order valence-corrected chi connectivity index (χ0v) is 32.2. The van der Waals surface area contributed by atoms with Crippen LogP contribution in [0.1, 0.15) is 106 Å². The number of hydrogen-bond donors (Lipinski definition) is 0. The van der Waals surface area contributed by atoms with Crippen LogP contribution in [0.3, 0.4) is 0 Å². The molecule has 1 aliphatic rings. The smallest absolute Gasteiger partial charge is 0.338 e. The highest BCUT2D eigenvalue weighted by Gasteiger charge is 2.53. The summed E-state index contributed by atoms with van der Waals surface area (Å²) in [5.74, 6) is -0.710. The average Bonchev–Trinajstić information content (AvgIpc) is 3.04. The van der Waals surface area contributed by atoms with Crippen molar-refractivity contribution in [3.63, 3.8) is 0 Å². The summed E-state index contributed by atoms with van der Waals surface area (Å²) >= 11 is 0. The molecule has 0 N–H and O–H groups in total. The lowest BCUT2D eigenvalue weighted by Gasteiger charge is -2.49. The van der Waals surface area contributed by atoms with Gasteiger partial charge in [-0.15, -0.1) is 0 Å². The Morgan fingerprint density at radius 3 is 2.00 bits per heavy atom. The van der Waals surface area contributed by atoms with Crippen molar-refractivity contribution in [2.75, 3.05) is 21.3 Å². The van der Waals surface area contributed by atoms with Gasteiger partial charge in [-0.1, -0.05) is 111 Å². The van der Waals surface area contributed by atoms with Crippen molar-refractivity contribution in [2.45, 2.75) is 148 Å². The van der Waals surface area contributed by atoms with Gasteiger partial charge in [-0.2, -0.15) is 0 Å². The molecule has 0 saturated carbocycles. The molecule has 8 atom stereocenters. The molecule has 0 bridgehead atoms. The second-order valence-corrected chi connectivity index (χ2v) is 19.5. The SMILES string of the molecule is CCC(=O)O[C@@H](CCCC[C@H](OC)[C@@H](/C=C/[C@H](C)[C@@H]1OC(=O)[C@H](OC)[C@@H](O[Si](C(C)C)(C(C)C)C(C)C)[C@@H]1C)OC)c1ccccc1. The van der Waals surface area contributed by atoms with Gasteiger partial charge in [0, 0.05) is 39.6 Å². The molecule has 2 rings (SSSR count). The average molecular weight is 677 g/mol. The molecule has 9 heteroatoms. The quantitative estimate of drug-likeness (QED) is 0.0587. The highest BCUT2D eigenvalue weighted by Crippen LogP contribution is 2.45. The minimum Gasteiger partial charge on any atom is -0.459 e. The fourth-order valence-electron chi connectivity index (χ4n) is 7.58. The number of carbonyl (C=O) groups is 2.